The van der Waals surface area contributed by atoms with Gasteiger partial charge in [-0.15, -0.1) is 0 Å². The van der Waals surface area contributed by atoms with E-state index in [0.717, 1.165) is 22.8 Å². The average molecular weight is 428 g/mol. The first-order valence-corrected chi connectivity index (χ1v) is 11.0. The van der Waals surface area contributed by atoms with Gasteiger partial charge < -0.3 is 0 Å². The molecule has 0 aliphatic heterocycles. The molecule has 5 nitrogen and oxygen atoms in total. The van der Waals surface area contributed by atoms with E-state index in [2.05, 4.69) is 82.5 Å². The lowest BCUT2D eigenvalue weighted by Gasteiger charge is -2.13. The summed E-state index contributed by atoms with van der Waals surface area (Å²) in [5.41, 5.74) is 13.2. The summed E-state index contributed by atoms with van der Waals surface area (Å²) < 4.78 is 0. The third kappa shape index (κ3) is 4.52. The van der Waals surface area contributed by atoms with E-state index in [-0.39, 0.29) is 0 Å². The Balaban J connectivity index is 2.05. The number of nitrogens with zero attached hydrogens (tertiary/aromatic N) is 5. The molecule has 0 fully saturated rings. The van der Waals surface area contributed by atoms with Crippen LogP contribution in [0.15, 0.2) is 28.4 Å². The Bertz CT molecular complexity index is 1120. The molecule has 1 aromatic heterocycles. The summed E-state index contributed by atoms with van der Waals surface area (Å²) in [6.45, 7) is 20.8. The Morgan fingerprint density at radius 2 is 0.875 bits per heavy atom. The molecule has 3 rings (SSSR count). The van der Waals surface area contributed by atoms with Crippen LogP contribution in [0.3, 0.4) is 0 Å². The van der Waals surface area contributed by atoms with Crippen molar-refractivity contribution in [3.05, 3.63) is 74.6 Å². The molecule has 0 saturated heterocycles. The van der Waals surface area contributed by atoms with Gasteiger partial charge in [0.05, 0.1) is 22.8 Å². The Morgan fingerprint density at radius 3 is 1.19 bits per heavy atom. The van der Waals surface area contributed by atoms with Gasteiger partial charge >= 0.3 is 0 Å². The molecule has 0 N–H and O–H groups in total. The second kappa shape index (κ2) is 9.11. The molecule has 0 radical (unpaired) electrons. The smallest absolute Gasteiger partial charge is 0.177 e. The molecule has 32 heavy (non-hydrogen) atoms. The fourth-order valence-corrected chi connectivity index (χ4v) is 3.81. The standard InChI is InChI=1S/C27H33N5/c1-14-11-15(2)19(6)24(18(14)5)30-22(9)26-28-13-29-27(32-26)23(10)31-25-20(7)16(3)12-17(4)21(25)8/h11-13H,1-10H3. The van der Waals surface area contributed by atoms with Gasteiger partial charge in [-0.3, -0.25) is 0 Å². The highest BCUT2D eigenvalue weighted by atomic mass is 15.0. The van der Waals surface area contributed by atoms with Crippen molar-refractivity contribution >= 4 is 22.8 Å². The maximum atomic E-state index is 4.91. The first-order valence-electron chi connectivity index (χ1n) is 11.0. The van der Waals surface area contributed by atoms with Crippen LogP contribution in [0.1, 0.15) is 70.0 Å². The molecule has 0 spiro atoms. The summed E-state index contributed by atoms with van der Waals surface area (Å²) in [6.07, 6.45) is 1.54. The van der Waals surface area contributed by atoms with Gasteiger partial charge in [-0.1, -0.05) is 12.1 Å². The van der Waals surface area contributed by atoms with Gasteiger partial charge in [0.1, 0.15) is 6.33 Å². The molecular weight excluding hydrogens is 394 g/mol. The molecule has 0 amide bonds. The van der Waals surface area contributed by atoms with Gasteiger partial charge in [-0.2, -0.15) is 0 Å². The predicted molar refractivity (Wildman–Crippen MR) is 134 cm³/mol. The van der Waals surface area contributed by atoms with E-state index in [9.17, 15) is 0 Å². The number of rotatable bonds is 4. The molecule has 0 aliphatic carbocycles. The normalized spacial score (nSPS) is 12.4. The van der Waals surface area contributed by atoms with Crippen LogP contribution in [0.5, 0.6) is 0 Å². The highest BCUT2D eigenvalue weighted by Crippen LogP contribution is 2.31. The minimum atomic E-state index is 0.566. The second-order valence-electron chi connectivity index (χ2n) is 8.75. The summed E-state index contributed by atoms with van der Waals surface area (Å²) in [7, 11) is 0. The fourth-order valence-electron chi connectivity index (χ4n) is 3.81. The lowest BCUT2D eigenvalue weighted by Crippen LogP contribution is -2.10. The zero-order valence-corrected chi connectivity index (χ0v) is 21.0. The fraction of sp³-hybridized carbons (Fsp3) is 0.370. The zero-order chi connectivity index (χ0) is 23.7. The maximum absolute atomic E-state index is 4.91. The van der Waals surface area contributed by atoms with Gasteiger partial charge in [0.2, 0.25) is 0 Å². The lowest BCUT2D eigenvalue weighted by molar-refractivity contribution is 1.000. The van der Waals surface area contributed by atoms with E-state index in [1.165, 1.54) is 50.8 Å². The number of benzene rings is 2. The van der Waals surface area contributed by atoms with Gasteiger partial charge in [0, 0.05) is 0 Å². The summed E-state index contributed by atoms with van der Waals surface area (Å²) >= 11 is 0. The van der Waals surface area contributed by atoms with E-state index >= 15 is 0 Å². The van der Waals surface area contributed by atoms with Gasteiger partial charge in [-0.05, 0) is 114 Å². The lowest BCUT2D eigenvalue weighted by atomic mass is 9.99. The van der Waals surface area contributed by atoms with E-state index < -0.39 is 0 Å². The molecule has 0 aliphatic rings. The average Bonchev–Trinajstić information content (AvgIpc) is 2.76. The number of hydrogen-bond acceptors (Lipinski definition) is 5. The van der Waals surface area contributed by atoms with E-state index in [0.29, 0.717) is 11.6 Å². The molecule has 0 saturated carbocycles. The SMILES string of the molecule is CC(=Nc1c(C)c(C)cc(C)c1C)c1ncnc(C(C)=Nc2c(C)c(C)cc(C)c2C)n1. The van der Waals surface area contributed by atoms with Crippen LogP contribution in [-0.4, -0.2) is 26.4 Å². The van der Waals surface area contributed by atoms with Crippen LogP contribution in [0.4, 0.5) is 11.4 Å². The minimum Gasteiger partial charge on any atom is -0.249 e. The maximum Gasteiger partial charge on any atom is 0.177 e. The van der Waals surface area contributed by atoms with Crippen LogP contribution in [0.2, 0.25) is 0 Å². The summed E-state index contributed by atoms with van der Waals surface area (Å²) in [5.74, 6) is 1.13. The van der Waals surface area contributed by atoms with Crippen molar-refractivity contribution < 1.29 is 0 Å². The van der Waals surface area contributed by atoms with Crippen molar-refractivity contribution in [3.63, 3.8) is 0 Å². The number of aryl methyl sites for hydroxylation is 4. The van der Waals surface area contributed by atoms with Gasteiger partial charge in [0.15, 0.2) is 11.6 Å². The molecule has 166 valence electrons. The monoisotopic (exact) mass is 427 g/mol. The first kappa shape index (κ1) is 23.5. The van der Waals surface area contributed by atoms with Crippen LogP contribution in [0.25, 0.3) is 0 Å². The summed E-state index contributed by atoms with van der Waals surface area (Å²) in [4.78, 5) is 23.3. The highest BCUT2D eigenvalue weighted by Gasteiger charge is 2.13. The molecule has 1 heterocycles. The minimum absolute atomic E-state index is 0.566. The largest absolute Gasteiger partial charge is 0.249 e. The topological polar surface area (TPSA) is 63.4 Å². The third-order valence-electron chi connectivity index (χ3n) is 6.43. The Kier molecular flexibility index (Phi) is 6.68. The highest BCUT2D eigenvalue weighted by molar-refractivity contribution is 6.00. The number of aromatic nitrogens is 3. The van der Waals surface area contributed by atoms with Gasteiger partial charge in [0.25, 0.3) is 0 Å². The summed E-state index contributed by atoms with van der Waals surface area (Å²) in [5, 5.41) is 0. The second-order valence-corrected chi connectivity index (χ2v) is 8.75. The molecular formula is C27H33N5. The van der Waals surface area contributed by atoms with Crippen molar-refractivity contribution in [2.45, 2.75) is 69.2 Å². The Morgan fingerprint density at radius 1 is 0.562 bits per heavy atom. The quantitative estimate of drug-likeness (QED) is 0.439. The van der Waals surface area contributed by atoms with Crippen molar-refractivity contribution in [1.82, 2.24) is 15.0 Å². The third-order valence-corrected chi connectivity index (χ3v) is 6.43. The van der Waals surface area contributed by atoms with Crippen molar-refractivity contribution in [2.24, 2.45) is 9.98 Å². The van der Waals surface area contributed by atoms with Crippen molar-refractivity contribution in [1.29, 1.82) is 0 Å². The molecule has 2 aromatic carbocycles. The van der Waals surface area contributed by atoms with E-state index in [4.69, 9.17) is 9.98 Å². The van der Waals surface area contributed by atoms with E-state index in [1.54, 1.807) is 0 Å². The van der Waals surface area contributed by atoms with Crippen molar-refractivity contribution in [2.75, 3.05) is 0 Å². The number of aliphatic imine (C=N–C) groups is 2. The number of hydrogen-bond donors (Lipinski definition) is 0. The van der Waals surface area contributed by atoms with Crippen LogP contribution in [0, 0.1) is 55.4 Å². The molecule has 0 unspecified atom stereocenters. The molecule has 3 aromatic rings. The Hall–Kier alpha value is -3.21. The Labute approximate surface area is 191 Å². The van der Waals surface area contributed by atoms with Crippen molar-refractivity contribution in [3.8, 4) is 0 Å². The van der Waals surface area contributed by atoms with Crippen LogP contribution < -0.4 is 0 Å². The van der Waals surface area contributed by atoms with Gasteiger partial charge in [-0.25, -0.2) is 24.9 Å². The van der Waals surface area contributed by atoms with E-state index in [1.807, 2.05) is 13.8 Å². The molecule has 0 bridgehead atoms. The predicted octanol–water partition coefficient (Wildman–Crippen LogP) is 6.62. The van der Waals surface area contributed by atoms with Crippen LogP contribution in [-0.2, 0) is 0 Å². The zero-order valence-electron chi connectivity index (χ0n) is 21.0. The molecule has 5 heteroatoms. The molecule has 0 atom stereocenters. The summed E-state index contributed by atoms with van der Waals surface area (Å²) in [6, 6.07) is 4.41. The van der Waals surface area contributed by atoms with Crippen LogP contribution >= 0.6 is 0 Å². The first-order chi connectivity index (χ1) is 15.0.